The zero-order valence-electron chi connectivity index (χ0n) is 11.7. The van der Waals surface area contributed by atoms with Gasteiger partial charge in [0.1, 0.15) is 0 Å². The van der Waals surface area contributed by atoms with Crippen molar-refractivity contribution < 1.29 is 0 Å². The molecule has 0 aliphatic heterocycles. The van der Waals surface area contributed by atoms with E-state index in [1.165, 1.54) is 9.13 Å². The zero-order chi connectivity index (χ0) is 14.7. The Morgan fingerprint density at radius 1 is 1.05 bits per heavy atom. The van der Waals surface area contributed by atoms with Crippen molar-refractivity contribution in [1.29, 1.82) is 0 Å². The number of nitrogens with zero attached hydrogens (tertiary/aromatic N) is 2. The van der Waals surface area contributed by atoms with Gasteiger partial charge in [-0.3, -0.25) is 0 Å². The normalized spacial score (nSPS) is 12.3. The molecular formula is C17H16IN3. The molecule has 21 heavy (non-hydrogen) atoms. The van der Waals surface area contributed by atoms with Crippen molar-refractivity contribution in [1.82, 2.24) is 15.1 Å². The van der Waals surface area contributed by atoms with Crippen molar-refractivity contribution in [2.75, 3.05) is 7.05 Å². The fourth-order valence-electron chi connectivity index (χ4n) is 2.42. The summed E-state index contributed by atoms with van der Waals surface area (Å²) in [6, 6.07) is 18.8. The van der Waals surface area contributed by atoms with Gasteiger partial charge in [0.05, 0.1) is 17.9 Å². The van der Waals surface area contributed by atoms with Crippen molar-refractivity contribution in [3.8, 4) is 5.69 Å². The molecule has 0 aliphatic carbocycles. The third kappa shape index (κ3) is 3.16. The van der Waals surface area contributed by atoms with E-state index in [9.17, 15) is 0 Å². The largest absolute Gasteiger partial charge is 0.309 e. The van der Waals surface area contributed by atoms with E-state index in [1.54, 1.807) is 0 Å². The Bertz CT molecular complexity index is 722. The van der Waals surface area contributed by atoms with Crippen LogP contribution in [0.4, 0.5) is 0 Å². The van der Waals surface area contributed by atoms with Gasteiger partial charge in [0.2, 0.25) is 0 Å². The Labute approximate surface area is 138 Å². The first-order chi connectivity index (χ1) is 10.3. The molecule has 3 rings (SSSR count). The first-order valence-corrected chi connectivity index (χ1v) is 7.88. The molecule has 1 N–H and O–H groups in total. The predicted octanol–water partition coefficient (Wildman–Crippen LogP) is 3.79. The lowest BCUT2D eigenvalue weighted by Crippen LogP contribution is -2.17. The molecule has 3 aromatic rings. The summed E-state index contributed by atoms with van der Waals surface area (Å²) in [5.41, 5.74) is 3.47. The predicted molar refractivity (Wildman–Crippen MR) is 93.6 cm³/mol. The number of benzene rings is 2. The van der Waals surface area contributed by atoms with Crippen LogP contribution in [0.5, 0.6) is 0 Å². The van der Waals surface area contributed by atoms with Crippen molar-refractivity contribution in [3.63, 3.8) is 0 Å². The molecule has 0 amide bonds. The van der Waals surface area contributed by atoms with E-state index < -0.39 is 0 Å². The molecule has 0 saturated carbocycles. The maximum absolute atomic E-state index is 4.48. The maximum atomic E-state index is 4.48. The van der Waals surface area contributed by atoms with Gasteiger partial charge in [0, 0.05) is 15.3 Å². The van der Waals surface area contributed by atoms with Crippen LogP contribution < -0.4 is 5.32 Å². The molecule has 4 heteroatoms. The smallest absolute Gasteiger partial charge is 0.0645 e. The molecule has 0 bridgehead atoms. The first kappa shape index (κ1) is 14.3. The third-order valence-electron chi connectivity index (χ3n) is 3.43. The van der Waals surface area contributed by atoms with Crippen molar-refractivity contribution in [3.05, 3.63) is 81.7 Å². The van der Waals surface area contributed by atoms with Gasteiger partial charge in [-0.15, -0.1) is 0 Å². The molecule has 0 saturated heterocycles. The summed E-state index contributed by atoms with van der Waals surface area (Å²) >= 11 is 2.34. The van der Waals surface area contributed by atoms with Gasteiger partial charge in [0.25, 0.3) is 0 Å². The van der Waals surface area contributed by atoms with E-state index in [0.29, 0.717) is 0 Å². The molecule has 1 aromatic heterocycles. The van der Waals surface area contributed by atoms with Gasteiger partial charge >= 0.3 is 0 Å². The topological polar surface area (TPSA) is 29.9 Å². The molecule has 106 valence electrons. The molecule has 2 aromatic carbocycles. The number of hydrogen-bond acceptors (Lipinski definition) is 2. The standard InChI is InChI=1S/C17H16IN3/c1-19-17(13-6-5-7-15(18)10-13)14-11-20-21(12-14)16-8-3-2-4-9-16/h2-12,17,19H,1H3. The number of aromatic nitrogens is 2. The van der Waals surface area contributed by atoms with Crippen LogP contribution in [-0.2, 0) is 0 Å². The van der Waals surface area contributed by atoms with Gasteiger partial charge in [-0.25, -0.2) is 4.68 Å². The van der Waals surface area contributed by atoms with Crippen LogP contribution in [0.25, 0.3) is 5.69 Å². The van der Waals surface area contributed by atoms with E-state index in [0.717, 1.165) is 11.3 Å². The van der Waals surface area contributed by atoms with E-state index >= 15 is 0 Å². The van der Waals surface area contributed by atoms with Gasteiger partial charge < -0.3 is 5.32 Å². The zero-order valence-corrected chi connectivity index (χ0v) is 13.9. The highest BCUT2D eigenvalue weighted by Crippen LogP contribution is 2.23. The van der Waals surface area contributed by atoms with Crippen LogP contribution in [-0.4, -0.2) is 16.8 Å². The molecule has 1 heterocycles. The van der Waals surface area contributed by atoms with E-state index in [-0.39, 0.29) is 6.04 Å². The lowest BCUT2D eigenvalue weighted by molar-refractivity contribution is 0.691. The van der Waals surface area contributed by atoms with Gasteiger partial charge in [-0.2, -0.15) is 5.10 Å². The summed E-state index contributed by atoms with van der Waals surface area (Å²) in [6.07, 6.45) is 4.00. The van der Waals surface area contributed by atoms with Crippen LogP contribution in [0, 0.1) is 3.57 Å². The molecular weight excluding hydrogens is 373 g/mol. The molecule has 1 atom stereocenters. The highest BCUT2D eigenvalue weighted by molar-refractivity contribution is 14.1. The van der Waals surface area contributed by atoms with E-state index in [2.05, 4.69) is 75.6 Å². The van der Waals surface area contributed by atoms with Crippen LogP contribution >= 0.6 is 22.6 Å². The minimum Gasteiger partial charge on any atom is -0.309 e. The number of halogens is 1. The summed E-state index contributed by atoms with van der Waals surface area (Å²) in [5.74, 6) is 0. The fourth-order valence-corrected chi connectivity index (χ4v) is 2.99. The van der Waals surface area contributed by atoms with Gasteiger partial charge in [0.15, 0.2) is 0 Å². The van der Waals surface area contributed by atoms with Crippen LogP contribution in [0.1, 0.15) is 17.2 Å². The van der Waals surface area contributed by atoms with E-state index in [1.807, 2.05) is 36.1 Å². The summed E-state index contributed by atoms with van der Waals surface area (Å²) < 4.78 is 3.15. The first-order valence-electron chi connectivity index (χ1n) is 6.80. The second kappa shape index (κ2) is 6.41. The Kier molecular flexibility index (Phi) is 4.36. The summed E-state index contributed by atoms with van der Waals surface area (Å²) in [7, 11) is 1.98. The minimum absolute atomic E-state index is 0.150. The highest BCUT2D eigenvalue weighted by Gasteiger charge is 2.14. The summed E-state index contributed by atoms with van der Waals surface area (Å²) in [4.78, 5) is 0. The summed E-state index contributed by atoms with van der Waals surface area (Å²) in [6.45, 7) is 0. The summed E-state index contributed by atoms with van der Waals surface area (Å²) in [5, 5.41) is 7.85. The Hall–Kier alpha value is -1.66. The minimum atomic E-state index is 0.150. The molecule has 1 unspecified atom stereocenters. The van der Waals surface area contributed by atoms with Crippen molar-refractivity contribution >= 4 is 22.6 Å². The quantitative estimate of drug-likeness (QED) is 0.689. The molecule has 0 radical (unpaired) electrons. The second-order valence-corrected chi connectivity index (χ2v) is 6.08. The number of hydrogen-bond donors (Lipinski definition) is 1. The third-order valence-corrected chi connectivity index (χ3v) is 4.10. The number of para-hydroxylation sites is 1. The maximum Gasteiger partial charge on any atom is 0.0645 e. The average molecular weight is 389 g/mol. The van der Waals surface area contributed by atoms with Crippen molar-refractivity contribution in [2.45, 2.75) is 6.04 Å². The Morgan fingerprint density at radius 2 is 1.86 bits per heavy atom. The van der Waals surface area contributed by atoms with Gasteiger partial charge in [-0.1, -0.05) is 30.3 Å². The number of rotatable bonds is 4. The monoisotopic (exact) mass is 389 g/mol. The molecule has 0 aliphatic rings. The Balaban J connectivity index is 1.94. The van der Waals surface area contributed by atoms with Crippen LogP contribution in [0.15, 0.2) is 67.0 Å². The molecule has 3 nitrogen and oxygen atoms in total. The lowest BCUT2D eigenvalue weighted by Gasteiger charge is -2.15. The second-order valence-electron chi connectivity index (χ2n) is 4.83. The van der Waals surface area contributed by atoms with Crippen LogP contribution in [0.3, 0.4) is 0 Å². The van der Waals surface area contributed by atoms with Crippen LogP contribution in [0.2, 0.25) is 0 Å². The van der Waals surface area contributed by atoms with E-state index in [4.69, 9.17) is 0 Å². The average Bonchev–Trinajstić information content (AvgIpc) is 2.99. The molecule has 0 spiro atoms. The van der Waals surface area contributed by atoms with Crippen molar-refractivity contribution in [2.24, 2.45) is 0 Å². The lowest BCUT2D eigenvalue weighted by atomic mass is 10.0. The fraction of sp³-hybridized carbons (Fsp3) is 0.118. The Morgan fingerprint density at radius 3 is 2.57 bits per heavy atom. The molecule has 0 fully saturated rings. The van der Waals surface area contributed by atoms with Gasteiger partial charge in [-0.05, 0) is 59.5 Å². The number of nitrogens with one attached hydrogen (secondary N) is 1. The SMILES string of the molecule is CNC(c1cccc(I)c1)c1cnn(-c2ccccc2)c1. The highest BCUT2D eigenvalue weighted by atomic mass is 127.